The van der Waals surface area contributed by atoms with Crippen molar-refractivity contribution in [2.24, 2.45) is 0 Å². The molecule has 1 rings (SSSR count). The van der Waals surface area contributed by atoms with Crippen molar-refractivity contribution < 1.29 is 9.63 Å². The third-order valence-corrected chi connectivity index (χ3v) is 1.87. The average molecular weight is 215 g/mol. The minimum atomic E-state index is -0.399. The van der Waals surface area contributed by atoms with Gasteiger partial charge in [-0.1, -0.05) is 11.6 Å². The standard InChI is InChI=1S/C9H11ClN2O2/c1-2-14-12-9(13)7-5-6(11)3-4-8(7)10/h3-5H,2,11H2,1H3,(H,12,13). The number of nitrogens with one attached hydrogen (secondary N) is 1. The number of hydrogen-bond donors (Lipinski definition) is 2. The molecule has 0 atom stereocenters. The van der Waals surface area contributed by atoms with E-state index in [0.29, 0.717) is 22.9 Å². The number of nitrogens with two attached hydrogens (primary N) is 1. The van der Waals surface area contributed by atoms with Crippen molar-refractivity contribution in [3.8, 4) is 0 Å². The van der Waals surface area contributed by atoms with Crippen molar-refractivity contribution in [2.75, 3.05) is 12.3 Å². The van der Waals surface area contributed by atoms with Crippen LogP contribution in [0.4, 0.5) is 5.69 Å². The zero-order valence-electron chi connectivity index (χ0n) is 7.71. The first kappa shape index (κ1) is 10.8. The Balaban J connectivity index is 2.83. The first-order valence-corrected chi connectivity index (χ1v) is 4.50. The zero-order valence-corrected chi connectivity index (χ0v) is 8.47. The third-order valence-electron chi connectivity index (χ3n) is 1.54. The van der Waals surface area contributed by atoms with Crippen LogP contribution in [0.5, 0.6) is 0 Å². The molecular weight excluding hydrogens is 204 g/mol. The van der Waals surface area contributed by atoms with Crippen molar-refractivity contribution in [2.45, 2.75) is 6.92 Å². The topological polar surface area (TPSA) is 64.3 Å². The Bertz CT molecular complexity index is 342. The van der Waals surface area contributed by atoms with Gasteiger partial charge >= 0.3 is 0 Å². The van der Waals surface area contributed by atoms with Gasteiger partial charge in [0.1, 0.15) is 0 Å². The lowest BCUT2D eigenvalue weighted by atomic mass is 10.2. The minimum absolute atomic E-state index is 0.306. The molecular formula is C9H11ClN2O2. The lowest BCUT2D eigenvalue weighted by molar-refractivity contribution is 0.0365. The van der Waals surface area contributed by atoms with Gasteiger partial charge < -0.3 is 5.73 Å². The van der Waals surface area contributed by atoms with Gasteiger partial charge in [0, 0.05) is 5.69 Å². The predicted octanol–water partition coefficient (Wildman–Crippen LogP) is 1.60. The summed E-state index contributed by atoms with van der Waals surface area (Å²) in [6.07, 6.45) is 0. The molecule has 0 radical (unpaired) electrons. The van der Waals surface area contributed by atoms with Crippen LogP contribution in [0.25, 0.3) is 0 Å². The fraction of sp³-hybridized carbons (Fsp3) is 0.222. The van der Waals surface area contributed by atoms with Gasteiger partial charge in [-0.3, -0.25) is 9.63 Å². The summed E-state index contributed by atoms with van der Waals surface area (Å²) in [5.74, 6) is -0.399. The smallest absolute Gasteiger partial charge is 0.276 e. The first-order valence-electron chi connectivity index (χ1n) is 4.12. The highest BCUT2D eigenvalue weighted by atomic mass is 35.5. The fourth-order valence-electron chi connectivity index (χ4n) is 0.910. The zero-order chi connectivity index (χ0) is 10.6. The lowest BCUT2D eigenvalue weighted by Gasteiger charge is -2.05. The van der Waals surface area contributed by atoms with Crippen LogP contribution in [0, 0.1) is 0 Å². The first-order chi connectivity index (χ1) is 6.65. The molecule has 0 saturated carbocycles. The van der Waals surface area contributed by atoms with Gasteiger partial charge in [0.15, 0.2) is 0 Å². The molecule has 76 valence electrons. The number of benzene rings is 1. The van der Waals surface area contributed by atoms with Crippen LogP contribution in [-0.2, 0) is 4.84 Å². The Morgan fingerprint density at radius 3 is 3.00 bits per heavy atom. The van der Waals surface area contributed by atoms with E-state index in [1.54, 1.807) is 19.1 Å². The Hall–Kier alpha value is -1.26. The van der Waals surface area contributed by atoms with E-state index in [1.165, 1.54) is 6.07 Å². The predicted molar refractivity (Wildman–Crippen MR) is 55.0 cm³/mol. The van der Waals surface area contributed by atoms with E-state index >= 15 is 0 Å². The second kappa shape index (κ2) is 4.83. The summed E-state index contributed by atoms with van der Waals surface area (Å²) in [4.78, 5) is 16.1. The maximum Gasteiger partial charge on any atom is 0.276 e. The van der Waals surface area contributed by atoms with Gasteiger partial charge in [0.05, 0.1) is 17.2 Å². The average Bonchev–Trinajstić information content (AvgIpc) is 2.18. The molecule has 5 heteroatoms. The number of hydroxylamine groups is 1. The highest BCUT2D eigenvalue weighted by Gasteiger charge is 2.09. The molecule has 4 nitrogen and oxygen atoms in total. The molecule has 0 unspecified atom stereocenters. The van der Waals surface area contributed by atoms with Crippen molar-refractivity contribution in [3.63, 3.8) is 0 Å². The van der Waals surface area contributed by atoms with Crippen LogP contribution in [0.2, 0.25) is 5.02 Å². The van der Waals surface area contributed by atoms with E-state index in [9.17, 15) is 4.79 Å². The summed E-state index contributed by atoms with van der Waals surface area (Å²) in [5, 5.41) is 0.344. The maximum absolute atomic E-state index is 11.4. The lowest BCUT2D eigenvalue weighted by Crippen LogP contribution is -2.23. The van der Waals surface area contributed by atoms with E-state index in [0.717, 1.165) is 0 Å². The molecule has 0 bridgehead atoms. The van der Waals surface area contributed by atoms with Crippen LogP contribution >= 0.6 is 11.6 Å². The van der Waals surface area contributed by atoms with Crippen LogP contribution < -0.4 is 11.2 Å². The molecule has 0 fully saturated rings. The third kappa shape index (κ3) is 2.61. The van der Waals surface area contributed by atoms with E-state index in [4.69, 9.17) is 22.2 Å². The van der Waals surface area contributed by atoms with E-state index in [-0.39, 0.29) is 0 Å². The monoisotopic (exact) mass is 214 g/mol. The molecule has 0 aliphatic rings. The SMILES string of the molecule is CCONC(=O)c1cc(N)ccc1Cl. The Morgan fingerprint density at radius 2 is 2.36 bits per heavy atom. The molecule has 1 amide bonds. The van der Waals surface area contributed by atoms with Crippen molar-refractivity contribution >= 4 is 23.2 Å². The Morgan fingerprint density at radius 1 is 1.64 bits per heavy atom. The van der Waals surface area contributed by atoms with Crippen LogP contribution in [0.15, 0.2) is 18.2 Å². The largest absolute Gasteiger partial charge is 0.399 e. The summed E-state index contributed by atoms with van der Waals surface area (Å²) < 4.78 is 0. The van der Waals surface area contributed by atoms with Crippen LogP contribution in [-0.4, -0.2) is 12.5 Å². The number of carbonyl (C=O) groups excluding carboxylic acids is 1. The molecule has 3 N–H and O–H groups in total. The van der Waals surface area contributed by atoms with Gasteiger partial charge in [0.25, 0.3) is 5.91 Å². The summed E-state index contributed by atoms with van der Waals surface area (Å²) in [7, 11) is 0. The molecule has 0 spiro atoms. The second-order valence-electron chi connectivity index (χ2n) is 2.60. The highest BCUT2D eigenvalue weighted by molar-refractivity contribution is 6.33. The van der Waals surface area contributed by atoms with Gasteiger partial charge in [0.2, 0.25) is 0 Å². The maximum atomic E-state index is 11.4. The van der Waals surface area contributed by atoms with Crippen molar-refractivity contribution in [3.05, 3.63) is 28.8 Å². The minimum Gasteiger partial charge on any atom is -0.399 e. The number of nitrogen functional groups attached to an aromatic ring is 1. The van der Waals surface area contributed by atoms with E-state index in [2.05, 4.69) is 5.48 Å². The molecule has 0 aliphatic carbocycles. The number of anilines is 1. The van der Waals surface area contributed by atoms with E-state index < -0.39 is 5.91 Å². The highest BCUT2D eigenvalue weighted by Crippen LogP contribution is 2.18. The normalized spacial score (nSPS) is 9.86. The van der Waals surface area contributed by atoms with Gasteiger partial charge in [-0.05, 0) is 25.1 Å². The molecule has 0 saturated heterocycles. The number of rotatable bonds is 3. The number of amides is 1. The summed E-state index contributed by atoms with van der Waals surface area (Å²) >= 11 is 5.80. The molecule has 0 heterocycles. The number of carbonyl (C=O) groups is 1. The van der Waals surface area contributed by atoms with Gasteiger partial charge in [-0.25, -0.2) is 5.48 Å². The van der Waals surface area contributed by atoms with Crippen molar-refractivity contribution in [1.29, 1.82) is 0 Å². The Kier molecular flexibility index (Phi) is 3.73. The number of hydrogen-bond acceptors (Lipinski definition) is 3. The van der Waals surface area contributed by atoms with Crippen LogP contribution in [0.3, 0.4) is 0 Å². The molecule has 0 aromatic heterocycles. The molecule has 14 heavy (non-hydrogen) atoms. The summed E-state index contributed by atoms with van der Waals surface area (Å²) in [6, 6.07) is 4.69. The van der Waals surface area contributed by atoms with Crippen LogP contribution in [0.1, 0.15) is 17.3 Å². The fourth-order valence-corrected chi connectivity index (χ4v) is 1.11. The second-order valence-corrected chi connectivity index (χ2v) is 3.01. The molecule has 0 aliphatic heterocycles. The Labute approximate surface area is 86.9 Å². The summed E-state index contributed by atoms with van der Waals surface area (Å²) in [5.41, 5.74) is 8.54. The number of halogens is 1. The molecule has 1 aromatic rings. The van der Waals surface area contributed by atoms with Crippen molar-refractivity contribution in [1.82, 2.24) is 5.48 Å². The van der Waals surface area contributed by atoms with Gasteiger partial charge in [-0.15, -0.1) is 0 Å². The van der Waals surface area contributed by atoms with Gasteiger partial charge in [-0.2, -0.15) is 0 Å². The molecule has 1 aromatic carbocycles. The van der Waals surface area contributed by atoms with E-state index in [1.807, 2.05) is 0 Å². The quantitative estimate of drug-likeness (QED) is 0.594. The summed E-state index contributed by atoms with van der Waals surface area (Å²) in [6.45, 7) is 2.16.